The van der Waals surface area contributed by atoms with E-state index in [1.807, 2.05) is 25.1 Å². The number of carbonyl (C=O) groups is 1. The molecule has 0 radical (unpaired) electrons. The van der Waals surface area contributed by atoms with Crippen molar-refractivity contribution in [1.82, 2.24) is 0 Å². The summed E-state index contributed by atoms with van der Waals surface area (Å²) in [6.45, 7) is 3.52. The zero-order valence-electron chi connectivity index (χ0n) is 8.57. The summed E-state index contributed by atoms with van der Waals surface area (Å²) >= 11 is 0. The van der Waals surface area contributed by atoms with Crippen LogP contribution in [-0.4, -0.2) is 18.7 Å². The molecule has 0 heterocycles. The SMILES string of the molecule is CN=C(C)C(=O)Oc1ccccc1C. The molecule has 0 aromatic heterocycles. The highest BCUT2D eigenvalue weighted by atomic mass is 16.5. The monoisotopic (exact) mass is 191 g/mol. The lowest BCUT2D eigenvalue weighted by molar-refractivity contribution is -0.127. The van der Waals surface area contributed by atoms with Crippen molar-refractivity contribution < 1.29 is 9.53 Å². The van der Waals surface area contributed by atoms with Gasteiger partial charge in [-0.3, -0.25) is 4.99 Å². The van der Waals surface area contributed by atoms with Gasteiger partial charge in [-0.05, 0) is 25.5 Å². The largest absolute Gasteiger partial charge is 0.422 e. The Morgan fingerprint density at radius 2 is 2.00 bits per heavy atom. The molecule has 0 N–H and O–H groups in total. The highest BCUT2D eigenvalue weighted by Crippen LogP contribution is 2.16. The van der Waals surface area contributed by atoms with E-state index in [-0.39, 0.29) is 0 Å². The van der Waals surface area contributed by atoms with Crippen LogP contribution in [0.3, 0.4) is 0 Å². The Labute approximate surface area is 83.4 Å². The number of benzene rings is 1. The van der Waals surface area contributed by atoms with E-state index in [0.717, 1.165) is 5.56 Å². The molecule has 3 heteroatoms. The molecule has 0 saturated heterocycles. The molecule has 0 fully saturated rings. The number of ether oxygens (including phenoxy) is 1. The van der Waals surface area contributed by atoms with Gasteiger partial charge >= 0.3 is 5.97 Å². The van der Waals surface area contributed by atoms with Gasteiger partial charge < -0.3 is 4.74 Å². The van der Waals surface area contributed by atoms with Crippen LogP contribution in [0.1, 0.15) is 12.5 Å². The maximum atomic E-state index is 11.3. The maximum absolute atomic E-state index is 11.3. The second-order valence-corrected chi connectivity index (χ2v) is 2.96. The van der Waals surface area contributed by atoms with E-state index >= 15 is 0 Å². The summed E-state index contributed by atoms with van der Waals surface area (Å²) in [4.78, 5) is 15.1. The van der Waals surface area contributed by atoms with Crippen molar-refractivity contribution in [3.05, 3.63) is 29.8 Å². The Morgan fingerprint density at radius 1 is 1.36 bits per heavy atom. The summed E-state index contributed by atoms with van der Waals surface area (Å²) in [5, 5.41) is 0. The molecule has 0 saturated carbocycles. The van der Waals surface area contributed by atoms with Crippen LogP contribution in [0.2, 0.25) is 0 Å². The highest BCUT2D eigenvalue weighted by molar-refractivity contribution is 6.35. The molecule has 1 aromatic rings. The first kappa shape index (κ1) is 10.4. The van der Waals surface area contributed by atoms with Crippen LogP contribution in [0.15, 0.2) is 29.3 Å². The van der Waals surface area contributed by atoms with Gasteiger partial charge in [-0.25, -0.2) is 4.79 Å². The lowest BCUT2D eigenvalue weighted by Crippen LogP contribution is -2.17. The van der Waals surface area contributed by atoms with Crippen LogP contribution in [0, 0.1) is 6.92 Å². The number of rotatable bonds is 2. The molecule has 0 amide bonds. The molecule has 0 atom stereocenters. The molecule has 0 unspecified atom stereocenters. The Morgan fingerprint density at radius 3 is 2.57 bits per heavy atom. The fourth-order valence-electron chi connectivity index (χ4n) is 0.936. The smallest absolute Gasteiger partial charge is 0.357 e. The predicted octanol–water partition coefficient (Wildman–Crippen LogP) is 1.99. The number of hydrogen-bond acceptors (Lipinski definition) is 3. The van der Waals surface area contributed by atoms with Crippen LogP contribution >= 0.6 is 0 Å². The van der Waals surface area contributed by atoms with Crippen molar-refractivity contribution >= 4 is 11.7 Å². The van der Waals surface area contributed by atoms with E-state index in [1.54, 1.807) is 20.0 Å². The zero-order chi connectivity index (χ0) is 10.6. The van der Waals surface area contributed by atoms with Crippen LogP contribution in [-0.2, 0) is 4.79 Å². The van der Waals surface area contributed by atoms with Crippen molar-refractivity contribution in [2.75, 3.05) is 7.05 Å². The first-order chi connectivity index (χ1) is 6.65. The molecular weight excluding hydrogens is 178 g/mol. The topological polar surface area (TPSA) is 38.7 Å². The third-order valence-electron chi connectivity index (χ3n) is 1.93. The second kappa shape index (κ2) is 4.56. The maximum Gasteiger partial charge on any atom is 0.357 e. The summed E-state index contributed by atoms with van der Waals surface area (Å²) < 4.78 is 5.13. The third kappa shape index (κ3) is 2.42. The Balaban J connectivity index is 2.80. The first-order valence-corrected chi connectivity index (χ1v) is 4.36. The molecule has 14 heavy (non-hydrogen) atoms. The molecule has 74 valence electrons. The van der Waals surface area contributed by atoms with E-state index in [0.29, 0.717) is 11.5 Å². The summed E-state index contributed by atoms with van der Waals surface area (Å²) in [6, 6.07) is 7.37. The standard InChI is InChI=1S/C11H13NO2/c1-8-6-4-5-7-10(8)14-11(13)9(2)12-3/h4-7H,1-3H3. The van der Waals surface area contributed by atoms with E-state index in [2.05, 4.69) is 4.99 Å². The van der Waals surface area contributed by atoms with Crippen LogP contribution < -0.4 is 4.74 Å². The van der Waals surface area contributed by atoms with Gasteiger partial charge in [-0.15, -0.1) is 0 Å². The number of aryl methyl sites for hydroxylation is 1. The number of para-hydroxylation sites is 1. The molecule has 0 aliphatic rings. The van der Waals surface area contributed by atoms with Gasteiger partial charge in [0.2, 0.25) is 0 Å². The van der Waals surface area contributed by atoms with Gasteiger partial charge in [0.05, 0.1) is 0 Å². The lowest BCUT2D eigenvalue weighted by Gasteiger charge is -2.05. The second-order valence-electron chi connectivity index (χ2n) is 2.96. The van der Waals surface area contributed by atoms with E-state index in [9.17, 15) is 4.79 Å². The Hall–Kier alpha value is -1.64. The Kier molecular flexibility index (Phi) is 3.40. The molecule has 1 aromatic carbocycles. The summed E-state index contributed by atoms with van der Waals surface area (Å²) in [5.74, 6) is 0.183. The first-order valence-electron chi connectivity index (χ1n) is 4.36. The number of esters is 1. The zero-order valence-corrected chi connectivity index (χ0v) is 8.57. The average Bonchev–Trinajstić information content (AvgIpc) is 2.20. The summed E-state index contributed by atoms with van der Waals surface area (Å²) in [6.07, 6.45) is 0. The van der Waals surface area contributed by atoms with Crippen LogP contribution in [0.4, 0.5) is 0 Å². The number of hydrogen-bond donors (Lipinski definition) is 0. The van der Waals surface area contributed by atoms with Crippen LogP contribution in [0.25, 0.3) is 0 Å². The number of carbonyl (C=O) groups excluding carboxylic acids is 1. The lowest BCUT2D eigenvalue weighted by atomic mass is 10.2. The minimum absolute atomic E-state index is 0.369. The third-order valence-corrected chi connectivity index (χ3v) is 1.93. The fourth-order valence-corrected chi connectivity index (χ4v) is 0.936. The van der Waals surface area contributed by atoms with Crippen LogP contribution in [0.5, 0.6) is 5.75 Å². The minimum atomic E-state index is -0.401. The highest BCUT2D eigenvalue weighted by Gasteiger charge is 2.08. The molecule has 0 spiro atoms. The number of aliphatic imine (C=N–C) groups is 1. The van der Waals surface area contributed by atoms with Crippen molar-refractivity contribution in [2.24, 2.45) is 4.99 Å². The van der Waals surface area contributed by atoms with Gasteiger partial charge in [-0.1, -0.05) is 18.2 Å². The van der Waals surface area contributed by atoms with Crippen molar-refractivity contribution in [3.8, 4) is 5.75 Å². The summed E-state index contributed by atoms with van der Waals surface area (Å²) in [5.41, 5.74) is 1.30. The van der Waals surface area contributed by atoms with Crippen molar-refractivity contribution in [1.29, 1.82) is 0 Å². The minimum Gasteiger partial charge on any atom is -0.422 e. The van der Waals surface area contributed by atoms with E-state index in [1.165, 1.54) is 0 Å². The molecule has 0 aliphatic carbocycles. The molecule has 3 nitrogen and oxygen atoms in total. The molecular formula is C11H13NO2. The summed E-state index contributed by atoms with van der Waals surface area (Å²) in [7, 11) is 1.56. The van der Waals surface area contributed by atoms with Gasteiger partial charge in [0, 0.05) is 7.05 Å². The molecule has 1 rings (SSSR count). The predicted molar refractivity (Wildman–Crippen MR) is 55.8 cm³/mol. The average molecular weight is 191 g/mol. The Bertz CT molecular complexity index is 369. The van der Waals surface area contributed by atoms with Gasteiger partial charge in [0.25, 0.3) is 0 Å². The van der Waals surface area contributed by atoms with E-state index in [4.69, 9.17) is 4.74 Å². The van der Waals surface area contributed by atoms with Gasteiger partial charge in [0.15, 0.2) is 0 Å². The number of nitrogens with zero attached hydrogens (tertiary/aromatic N) is 1. The molecule has 0 bridgehead atoms. The normalized spacial score (nSPS) is 11.2. The van der Waals surface area contributed by atoms with Crippen molar-refractivity contribution in [3.63, 3.8) is 0 Å². The van der Waals surface area contributed by atoms with E-state index < -0.39 is 5.97 Å². The van der Waals surface area contributed by atoms with Gasteiger partial charge in [0.1, 0.15) is 11.5 Å². The quantitative estimate of drug-likeness (QED) is 0.407. The van der Waals surface area contributed by atoms with Gasteiger partial charge in [-0.2, -0.15) is 0 Å². The van der Waals surface area contributed by atoms with Crippen molar-refractivity contribution in [2.45, 2.75) is 13.8 Å². The molecule has 0 aliphatic heterocycles. The fraction of sp³-hybridized carbons (Fsp3) is 0.273.